The maximum absolute atomic E-state index is 13.1. The molecule has 0 atom stereocenters. The first-order valence-corrected chi connectivity index (χ1v) is 10.8. The van der Waals surface area contributed by atoms with Crippen molar-refractivity contribution in [3.05, 3.63) is 105 Å². The van der Waals surface area contributed by atoms with Gasteiger partial charge < -0.3 is 20.1 Å². The van der Waals surface area contributed by atoms with Crippen molar-refractivity contribution in [3.8, 4) is 5.75 Å². The third kappa shape index (κ3) is 6.76. The zero-order chi connectivity index (χ0) is 26.1. The Hall–Kier alpha value is -4.99. The fourth-order valence-electron chi connectivity index (χ4n) is 3.06. The van der Waals surface area contributed by atoms with Crippen molar-refractivity contribution < 1.29 is 28.8 Å². The van der Waals surface area contributed by atoms with E-state index in [-0.39, 0.29) is 23.6 Å². The Labute approximate surface area is 206 Å². The molecule has 0 aliphatic carbocycles. The molecule has 0 unspecified atom stereocenters. The number of esters is 1. The van der Waals surface area contributed by atoms with Crippen LogP contribution in [-0.4, -0.2) is 36.4 Å². The van der Waals surface area contributed by atoms with Crippen molar-refractivity contribution in [2.24, 2.45) is 0 Å². The van der Waals surface area contributed by atoms with Gasteiger partial charge in [-0.3, -0.25) is 19.7 Å². The summed E-state index contributed by atoms with van der Waals surface area (Å²) in [6.45, 7) is 1.94. The van der Waals surface area contributed by atoms with E-state index in [9.17, 15) is 24.5 Å². The molecule has 0 saturated heterocycles. The first-order valence-electron chi connectivity index (χ1n) is 10.8. The summed E-state index contributed by atoms with van der Waals surface area (Å²) in [5.41, 5.74) is 1.24. The maximum atomic E-state index is 13.1. The van der Waals surface area contributed by atoms with Crippen molar-refractivity contribution in [1.82, 2.24) is 5.32 Å². The largest absolute Gasteiger partial charge is 0.497 e. The van der Waals surface area contributed by atoms with Gasteiger partial charge in [-0.15, -0.1) is 0 Å². The molecule has 3 aromatic rings. The molecule has 0 aliphatic rings. The van der Waals surface area contributed by atoms with Crippen LogP contribution in [0.4, 0.5) is 11.4 Å². The molecule has 36 heavy (non-hydrogen) atoms. The van der Waals surface area contributed by atoms with E-state index < -0.39 is 22.7 Å². The summed E-state index contributed by atoms with van der Waals surface area (Å²) in [5, 5.41) is 16.2. The van der Waals surface area contributed by atoms with E-state index in [1.807, 2.05) is 0 Å². The predicted octanol–water partition coefficient (Wildman–Crippen LogP) is 4.19. The summed E-state index contributed by atoms with van der Waals surface area (Å²) >= 11 is 0. The second kappa shape index (κ2) is 11.9. The Morgan fingerprint density at radius 2 is 1.53 bits per heavy atom. The highest BCUT2D eigenvalue weighted by atomic mass is 16.6. The number of non-ortho nitro benzene ring substituents is 1. The second-order valence-electron chi connectivity index (χ2n) is 7.34. The van der Waals surface area contributed by atoms with Crippen LogP contribution in [0.15, 0.2) is 78.5 Å². The average Bonchev–Trinajstić information content (AvgIpc) is 2.89. The van der Waals surface area contributed by atoms with Crippen LogP contribution in [0.1, 0.15) is 33.2 Å². The molecule has 0 bridgehead atoms. The molecule has 0 spiro atoms. The molecular weight excluding hydrogens is 466 g/mol. The lowest BCUT2D eigenvalue weighted by Crippen LogP contribution is -2.30. The van der Waals surface area contributed by atoms with Gasteiger partial charge in [-0.05, 0) is 79.2 Å². The summed E-state index contributed by atoms with van der Waals surface area (Å²) in [7, 11) is 1.50. The van der Waals surface area contributed by atoms with Gasteiger partial charge in [0.25, 0.3) is 17.5 Å². The molecule has 0 radical (unpaired) electrons. The molecule has 2 amide bonds. The van der Waals surface area contributed by atoms with E-state index in [2.05, 4.69) is 10.6 Å². The number of anilines is 1. The molecule has 0 fully saturated rings. The molecule has 3 rings (SSSR count). The highest BCUT2D eigenvalue weighted by Gasteiger charge is 2.16. The number of amides is 2. The Morgan fingerprint density at radius 3 is 2.08 bits per heavy atom. The van der Waals surface area contributed by atoms with Crippen LogP contribution in [0.2, 0.25) is 0 Å². The maximum Gasteiger partial charge on any atom is 0.338 e. The zero-order valence-electron chi connectivity index (χ0n) is 19.5. The van der Waals surface area contributed by atoms with Gasteiger partial charge in [0.05, 0.1) is 24.2 Å². The van der Waals surface area contributed by atoms with Gasteiger partial charge in [-0.1, -0.05) is 0 Å². The standard InChI is InChI=1S/C26H23N3O7/c1-3-36-26(32)19-6-10-20(11-7-19)27-25(31)23(16-17-4-12-21(13-5-17)29(33)34)28-24(30)18-8-14-22(35-2)15-9-18/h4-16H,3H2,1-2H3,(H,27,31)(H,28,30)/b23-16-. The number of ether oxygens (including phenoxy) is 2. The fraction of sp³-hybridized carbons (Fsp3) is 0.115. The second-order valence-corrected chi connectivity index (χ2v) is 7.34. The van der Waals surface area contributed by atoms with E-state index in [0.29, 0.717) is 22.6 Å². The number of nitrogens with zero attached hydrogens (tertiary/aromatic N) is 1. The van der Waals surface area contributed by atoms with E-state index in [1.54, 1.807) is 31.2 Å². The summed E-state index contributed by atoms with van der Waals surface area (Å²) < 4.78 is 10.0. The van der Waals surface area contributed by atoms with E-state index in [1.165, 1.54) is 61.7 Å². The SMILES string of the molecule is CCOC(=O)c1ccc(NC(=O)/C(=C/c2ccc([N+](=O)[O-])cc2)NC(=O)c2ccc(OC)cc2)cc1. The Kier molecular flexibility index (Phi) is 8.49. The van der Waals surface area contributed by atoms with E-state index in [4.69, 9.17) is 9.47 Å². The summed E-state index contributed by atoms with van der Waals surface area (Å²) in [4.78, 5) is 48.1. The van der Waals surface area contributed by atoms with Crippen molar-refractivity contribution in [2.45, 2.75) is 6.92 Å². The minimum absolute atomic E-state index is 0.0980. The molecule has 0 aliphatic heterocycles. The van der Waals surface area contributed by atoms with Crippen molar-refractivity contribution in [3.63, 3.8) is 0 Å². The summed E-state index contributed by atoms with van der Waals surface area (Å²) in [6, 6.07) is 17.9. The van der Waals surface area contributed by atoms with Gasteiger partial charge in [-0.25, -0.2) is 4.79 Å². The Morgan fingerprint density at radius 1 is 0.917 bits per heavy atom. The van der Waals surface area contributed by atoms with Gasteiger partial charge in [-0.2, -0.15) is 0 Å². The first-order chi connectivity index (χ1) is 17.3. The van der Waals surface area contributed by atoms with Crippen LogP contribution in [-0.2, 0) is 9.53 Å². The minimum Gasteiger partial charge on any atom is -0.497 e. The van der Waals surface area contributed by atoms with Crippen LogP contribution in [0.3, 0.4) is 0 Å². The number of hydrogen-bond acceptors (Lipinski definition) is 7. The number of nitro benzene ring substituents is 1. The van der Waals surface area contributed by atoms with Gasteiger partial charge >= 0.3 is 5.97 Å². The Balaban J connectivity index is 1.85. The number of benzene rings is 3. The molecule has 10 heteroatoms. The van der Waals surface area contributed by atoms with E-state index in [0.717, 1.165) is 0 Å². The van der Waals surface area contributed by atoms with Gasteiger partial charge in [0.1, 0.15) is 11.4 Å². The third-order valence-electron chi connectivity index (χ3n) is 4.91. The fourth-order valence-corrected chi connectivity index (χ4v) is 3.06. The number of hydrogen-bond donors (Lipinski definition) is 2. The third-order valence-corrected chi connectivity index (χ3v) is 4.91. The van der Waals surface area contributed by atoms with Crippen LogP contribution in [0, 0.1) is 10.1 Å². The van der Waals surface area contributed by atoms with Crippen LogP contribution < -0.4 is 15.4 Å². The zero-order valence-corrected chi connectivity index (χ0v) is 19.5. The number of nitrogens with one attached hydrogen (secondary N) is 2. The number of carbonyl (C=O) groups is 3. The lowest BCUT2D eigenvalue weighted by molar-refractivity contribution is -0.384. The van der Waals surface area contributed by atoms with Gasteiger partial charge in [0.15, 0.2) is 0 Å². The monoisotopic (exact) mass is 489 g/mol. The van der Waals surface area contributed by atoms with E-state index >= 15 is 0 Å². The number of rotatable bonds is 9. The highest BCUT2D eigenvalue weighted by molar-refractivity contribution is 6.10. The highest BCUT2D eigenvalue weighted by Crippen LogP contribution is 2.17. The molecule has 3 aromatic carbocycles. The lowest BCUT2D eigenvalue weighted by Gasteiger charge is -2.12. The van der Waals surface area contributed by atoms with Crippen LogP contribution in [0.25, 0.3) is 6.08 Å². The van der Waals surface area contributed by atoms with Gasteiger partial charge in [0, 0.05) is 23.4 Å². The van der Waals surface area contributed by atoms with Gasteiger partial charge in [0.2, 0.25) is 0 Å². The normalized spacial score (nSPS) is 10.8. The first kappa shape index (κ1) is 25.6. The van der Waals surface area contributed by atoms with Crippen molar-refractivity contribution in [2.75, 3.05) is 19.0 Å². The number of nitro groups is 1. The summed E-state index contributed by atoms with van der Waals surface area (Å²) in [6.07, 6.45) is 1.40. The lowest BCUT2D eigenvalue weighted by atomic mass is 10.1. The average molecular weight is 489 g/mol. The smallest absolute Gasteiger partial charge is 0.338 e. The van der Waals surface area contributed by atoms with Crippen LogP contribution in [0.5, 0.6) is 5.75 Å². The number of methoxy groups -OCH3 is 1. The molecule has 2 N–H and O–H groups in total. The summed E-state index contributed by atoms with van der Waals surface area (Å²) in [5.74, 6) is -1.10. The molecule has 0 aromatic heterocycles. The molecule has 0 heterocycles. The topological polar surface area (TPSA) is 137 Å². The predicted molar refractivity (Wildman–Crippen MR) is 133 cm³/mol. The quantitative estimate of drug-likeness (QED) is 0.199. The molecule has 0 saturated carbocycles. The molecular formula is C26H23N3O7. The van der Waals surface area contributed by atoms with Crippen LogP contribution >= 0.6 is 0 Å². The molecule has 184 valence electrons. The minimum atomic E-state index is -0.640. The molecule has 10 nitrogen and oxygen atoms in total. The van der Waals surface area contributed by atoms with Crippen molar-refractivity contribution in [1.29, 1.82) is 0 Å². The number of carbonyl (C=O) groups excluding carboxylic acids is 3. The Bertz CT molecular complexity index is 1280. The van der Waals surface area contributed by atoms with Crippen molar-refractivity contribution >= 4 is 35.2 Å².